The molecule has 0 radical (unpaired) electrons. The van der Waals surface area contributed by atoms with Crippen LogP contribution in [0.5, 0.6) is 11.6 Å². The number of aryl methyl sites for hydroxylation is 7. The zero-order chi connectivity index (χ0) is 75.3. The van der Waals surface area contributed by atoms with Gasteiger partial charge >= 0.3 is 7.12 Å². The third-order valence-electron chi connectivity index (χ3n) is 12.3. The van der Waals surface area contributed by atoms with Gasteiger partial charge in [-0.2, -0.15) is 68.0 Å². The van der Waals surface area contributed by atoms with Gasteiger partial charge in [-0.3, -0.25) is 0 Å². The van der Waals surface area contributed by atoms with Crippen molar-refractivity contribution in [1.82, 2.24) is 89.9 Å². The fraction of sp³-hybridized carbons (Fsp3) is 0.312. The molecule has 0 amide bonds. The second-order valence-electron chi connectivity index (χ2n) is 18.3. The van der Waals surface area contributed by atoms with Crippen LogP contribution in [0.1, 0.15) is 104 Å². The van der Waals surface area contributed by atoms with Crippen molar-refractivity contribution in [2.24, 2.45) is 33.6 Å². The quantitative estimate of drug-likeness (QED) is 0.0627. The summed E-state index contributed by atoms with van der Waals surface area (Å²) in [5, 5.41) is 50.7. The van der Waals surface area contributed by atoms with Crippen LogP contribution in [0.15, 0.2) is 127 Å². The predicted molar refractivity (Wildman–Crippen MR) is 370 cm³/mol. The van der Waals surface area contributed by atoms with Crippen LogP contribution >= 0.6 is 15.9 Å². The maximum absolute atomic E-state index is 13.2. The maximum Gasteiger partial charge on any atom is 0.488 e. The number of pyridine rings is 6. The summed E-state index contributed by atoms with van der Waals surface area (Å²) in [6.45, 7) is 3.91. The molecule has 7 N–H and O–H groups in total. The van der Waals surface area contributed by atoms with Gasteiger partial charge in [-0.05, 0) is 117 Å². The van der Waals surface area contributed by atoms with E-state index in [0.717, 1.165) is 55.2 Å². The SMILES string of the molecule is C.C.C.C.C.COc1ccc(CN)c(C)n1.Cc1c(B(O)O)ccnc1F.Cc1cccnc1F.[2H]C([2H])([2H])n1ncc(-c2ccnc(F)c2C)n1.[2H]C([2H])([2H])n1ncc(-c2ccnc(N)c2C)n1.[2H]C([2H])([2H])n1ncc(-c2ccnc(NCc3ccc(C)cc3OC)c2C)n1.[2H]C([2H])([2H])n1ncc(Br)n1. The summed E-state index contributed by atoms with van der Waals surface area (Å²) in [5.74, 6) is 0.884. The Hall–Kier alpha value is -9.91. The average molecular weight is 1380 g/mol. The molecule has 25 nitrogen and oxygen atoms in total. The zero-order valence-electron chi connectivity index (χ0n) is 61.5. The maximum atomic E-state index is 13.2. The van der Waals surface area contributed by atoms with E-state index in [0.29, 0.717) is 83.4 Å². The van der Waals surface area contributed by atoms with E-state index in [1.165, 1.54) is 56.4 Å². The number of ether oxygens (including phenoxy) is 2. The lowest BCUT2D eigenvalue weighted by molar-refractivity contribution is 0.396. The molecule has 1 aromatic carbocycles. The molecule has 0 aliphatic heterocycles. The Morgan fingerprint density at radius 3 is 1.50 bits per heavy atom. The van der Waals surface area contributed by atoms with Crippen molar-refractivity contribution >= 4 is 40.1 Å². The standard InChI is InChI=1S/C18H21N5O.C9H9FN4.C9H11N5.C8H12N2O.C6H7BFNO2.C6H6FN.C3H4BrN3.5CH4/c1-12-5-6-14(17(9-12)24-4)10-20-18-13(2)15(7-8-19-18)16-11-21-23(3)22-16;2*1-6-7(3-4-11-9(6)10)8-5-12-14(2)13-8;1-6-7(5-9)3-4-8(10-6)11-2;1-4-5(7(10)11)2-3-9-6(4)8;1-5-3-2-4-8-6(5)7;1-7-5-2-3(4)6-7;;;;;/h5-9,11H,10H2,1-4H3,(H,19,20);3-5H,1-2H3;3-5H,1-2H3,(H2,10,11);3-4H,5,9H2,1-2H3;2-3,10-11H,1H3;2-4H,1H3;2H,1H3;5*1H4/i3D3;2*2D3;;;;1D3;;;;;. The van der Waals surface area contributed by atoms with Gasteiger partial charge in [-0.1, -0.05) is 61.4 Å². The Kier molecular flexibility index (Phi) is 28.4. The van der Waals surface area contributed by atoms with Gasteiger partial charge in [-0.15, -0.1) is 5.10 Å². The van der Waals surface area contributed by atoms with E-state index < -0.39 is 46.9 Å². The van der Waals surface area contributed by atoms with Crippen molar-refractivity contribution in [3.8, 4) is 45.4 Å². The molecule has 0 saturated carbocycles. The van der Waals surface area contributed by atoms with Crippen LogP contribution in [0.3, 0.4) is 0 Å². The number of rotatable bonds is 10. The Morgan fingerprint density at radius 1 is 0.564 bits per heavy atom. The number of hydrogen-bond donors (Lipinski definition) is 5. The Labute approximate surface area is 575 Å². The number of benzene rings is 1. The second kappa shape index (κ2) is 41.6. The number of nitrogens with zero attached hydrogens (tertiary/aromatic N) is 18. The van der Waals surface area contributed by atoms with Gasteiger partial charge < -0.3 is 36.3 Å². The summed E-state index contributed by atoms with van der Waals surface area (Å²) in [6, 6.07) is 19.6. The molecule has 0 atom stereocenters. The molecule has 0 aliphatic carbocycles. The van der Waals surface area contributed by atoms with Crippen LogP contribution in [-0.4, -0.2) is 121 Å². The van der Waals surface area contributed by atoms with E-state index in [1.54, 1.807) is 77.7 Å². The van der Waals surface area contributed by atoms with Crippen molar-refractivity contribution in [3.63, 3.8) is 0 Å². The Balaban J connectivity index is 0.00000125. The van der Waals surface area contributed by atoms with E-state index in [1.807, 2.05) is 51.1 Å². The van der Waals surface area contributed by atoms with Gasteiger partial charge in [0.2, 0.25) is 23.7 Å². The van der Waals surface area contributed by atoms with E-state index in [-0.39, 0.29) is 54.1 Å². The number of nitrogens with two attached hydrogens (primary N) is 2. The van der Waals surface area contributed by atoms with E-state index in [9.17, 15) is 13.2 Å². The number of methoxy groups -OCH3 is 2. The highest BCUT2D eigenvalue weighted by Gasteiger charge is 2.17. The molecule has 0 saturated heterocycles. The lowest BCUT2D eigenvalue weighted by Crippen LogP contribution is -2.32. The van der Waals surface area contributed by atoms with Gasteiger partial charge in [-0.25, -0.2) is 29.9 Å². The summed E-state index contributed by atoms with van der Waals surface area (Å²) in [6.07, 6.45) is 12.6. The van der Waals surface area contributed by atoms with Gasteiger partial charge in [0.15, 0.2) is 0 Å². The molecule has 0 fully saturated rings. The lowest BCUT2D eigenvalue weighted by atomic mass is 9.78. The minimum atomic E-state index is -2.43. The minimum Gasteiger partial charge on any atom is -0.496 e. The largest absolute Gasteiger partial charge is 0.496 e. The highest BCUT2D eigenvalue weighted by Crippen LogP contribution is 2.28. The van der Waals surface area contributed by atoms with E-state index in [4.69, 9.17) is 47.4 Å². The van der Waals surface area contributed by atoms with Crippen LogP contribution in [0.2, 0.25) is 0 Å². The summed E-state index contributed by atoms with van der Waals surface area (Å²) in [5.41, 5.74) is 21.4. The van der Waals surface area contributed by atoms with Crippen LogP contribution < -0.4 is 31.7 Å². The van der Waals surface area contributed by atoms with Crippen LogP contribution in [0.25, 0.3) is 33.8 Å². The number of nitrogens with one attached hydrogen (secondary N) is 1. The van der Waals surface area contributed by atoms with Gasteiger partial charge in [0.25, 0.3) is 0 Å². The first-order valence-electron chi connectivity index (χ1n) is 32.1. The molecule has 0 aliphatic rings. The molecule has 94 heavy (non-hydrogen) atoms. The number of hydrogen-bond acceptors (Lipinski definition) is 21. The normalized spacial score (nSPS) is 12.0. The summed E-state index contributed by atoms with van der Waals surface area (Å²) in [4.78, 5) is 25.5. The minimum absolute atomic E-state index is 0. The zero-order valence-corrected chi connectivity index (χ0v) is 51.1. The highest BCUT2D eigenvalue weighted by molar-refractivity contribution is 9.10. The average Bonchev–Trinajstić information content (AvgIpc) is 1.60. The van der Waals surface area contributed by atoms with E-state index >= 15 is 0 Å². The Morgan fingerprint density at radius 2 is 1.05 bits per heavy atom. The number of anilines is 2. The molecule has 0 spiro atoms. The van der Waals surface area contributed by atoms with Crippen LogP contribution in [0.4, 0.5) is 24.8 Å². The molecule has 10 aromatic heterocycles. The van der Waals surface area contributed by atoms with Gasteiger partial charge in [0, 0.05) is 150 Å². The molecule has 11 rings (SSSR count). The number of halogens is 4. The molecule has 11 aromatic rings. The fourth-order valence-electron chi connectivity index (χ4n) is 7.36. The molecular formula is C64H90BBrF3N21O4. The Bertz CT molecular complexity index is 4370. The van der Waals surface area contributed by atoms with Gasteiger partial charge in [0.1, 0.15) is 39.1 Å². The van der Waals surface area contributed by atoms with Gasteiger partial charge in [0.05, 0.1) is 39.0 Å². The molecule has 30 heteroatoms. The first-order valence-corrected chi connectivity index (χ1v) is 26.9. The third kappa shape index (κ3) is 25.3. The molecule has 0 unspecified atom stereocenters. The monoisotopic (exact) mass is 1380 g/mol. The second-order valence-corrected chi connectivity index (χ2v) is 19.1. The fourth-order valence-corrected chi connectivity index (χ4v) is 7.60. The van der Waals surface area contributed by atoms with Crippen molar-refractivity contribution in [2.45, 2.75) is 98.7 Å². The van der Waals surface area contributed by atoms with E-state index in [2.05, 4.69) is 91.9 Å². The summed E-state index contributed by atoms with van der Waals surface area (Å²) in [7, 11) is 1.62. The molecule has 506 valence electrons. The number of nitrogen functional groups attached to an aromatic ring is 1. The van der Waals surface area contributed by atoms with Crippen molar-refractivity contribution in [2.75, 3.05) is 25.3 Å². The van der Waals surface area contributed by atoms with Crippen molar-refractivity contribution in [3.05, 3.63) is 195 Å². The topological polar surface area (TPSA) is 323 Å². The molecule has 10 heterocycles. The lowest BCUT2D eigenvalue weighted by Gasteiger charge is -2.13. The predicted octanol–water partition coefficient (Wildman–Crippen LogP) is 10.6. The molecular weight excluding hydrogens is 1270 g/mol. The first-order chi connectivity index (χ1) is 47.3. The first kappa shape index (κ1) is 64.2. The summed E-state index contributed by atoms with van der Waals surface area (Å²) < 4.78 is 134. The van der Waals surface area contributed by atoms with Crippen molar-refractivity contribution < 1.29 is 49.1 Å². The number of aromatic nitrogens is 18. The van der Waals surface area contributed by atoms with Crippen LogP contribution in [-0.2, 0) is 41.0 Å². The van der Waals surface area contributed by atoms with Crippen LogP contribution in [0, 0.1) is 66.3 Å². The summed E-state index contributed by atoms with van der Waals surface area (Å²) >= 11 is 2.98. The highest BCUT2D eigenvalue weighted by atomic mass is 79.9. The third-order valence-corrected chi connectivity index (χ3v) is 12.6. The smallest absolute Gasteiger partial charge is 0.488 e. The van der Waals surface area contributed by atoms with Crippen molar-refractivity contribution in [1.29, 1.82) is 0 Å². The molecule has 0 bridgehead atoms.